The van der Waals surface area contributed by atoms with Crippen LogP contribution in [0.4, 0.5) is 0 Å². The van der Waals surface area contributed by atoms with Crippen molar-refractivity contribution in [3.63, 3.8) is 0 Å². The van der Waals surface area contributed by atoms with Crippen LogP contribution in [0.25, 0.3) is 0 Å². The molecule has 3 N–H and O–H groups in total. The Labute approximate surface area is 110 Å². The number of rotatable bonds is 8. The summed E-state index contributed by atoms with van der Waals surface area (Å²) in [6.45, 7) is 1.60. The van der Waals surface area contributed by atoms with E-state index in [9.17, 15) is 4.79 Å². The van der Waals surface area contributed by atoms with Gasteiger partial charge in [0.1, 0.15) is 0 Å². The average molecular weight is 253 g/mol. The summed E-state index contributed by atoms with van der Waals surface area (Å²) in [4.78, 5) is 13.3. The van der Waals surface area contributed by atoms with Crippen molar-refractivity contribution in [2.45, 2.75) is 38.1 Å². The highest BCUT2D eigenvalue weighted by molar-refractivity contribution is 5.76. The Hall–Kier alpha value is -0.610. The largest absolute Gasteiger partial charge is 0.349 e. The minimum absolute atomic E-state index is 0.139. The van der Waals surface area contributed by atoms with E-state index >= 15 is 0 Å². The summed E-state index contributed by atoms with van der Waals surface area (Å²) in [6, 6.07) is 0.139. The molecule has 0 saturated heterocycles. The smallest absolute Gasteiger partial charge is 0.223 e. The van der Waals surface area contributed by atoms with E-state index in [2.05, 4.69) is 5.32 Å². The molecule has 0 aromatic heterocycles. The van der Waals surface area contributed by atoms with Gasteiger partial charge < -0.3 is 16.0 Å². The molecule has 2 rings (SSSR count). The maximum Gasteiger partial charge on any atom is 0.223 e. The Balaban J connectivity index is 1.73. The monoisotopic (exact) mass is 253 g/mol. The van der Waals surface area contributed by atoms with Crippen molar-refractivity contribution in [3.8, 4) is 0 Å². The van der Waals surface area contributed by atoms with Crippen LogP contribution in [0, 0.1) is 17.8 Å². The van der Waals surface area contributed by atoms with Crippen molar-refractivity contribution < 1.29 is 4.79 Å². The summed E-state index contributed by atoms with van der Waals surface area (Å²) in [5.41, 5.74) is 5.76. The van der Waals surface area contributed by atoms with Crippen molar-refractivity contribution in [3.05, 3.63) is 0 Å². The third-order valence-corrected chi connectivity index (χ3v) is 4.30. The van der Waals surface area contributed by atoms with E-state index < -0.39 is 0 Å². The lowest BCUT2D eigenvalue weighted by Crippen LogP contribution is -2.43. The Morgan fingerprint density at radius 2 is 1.83 bits per heavy atom. The van der Waals surface area contributed by atoms with Crippen LogP contribution < -0.4 is 11.1 Å². The fraction of sp³-hybridized carbons (Fsp3) is 0.929. The van der Waals surface area contributed by atoms with Crippen LogP contribution in [0.5, 0.6) is 0 Å². The van der Waals surface area contributed by atoms with Gasteiger partial charge in [0.05, 0.1) is 0 Å². The van der Waals surface area contributed by atoms with Gasteiger partial charge in [-0.25, -0.2) is 0 Å². The number of nitrogens with zero attached hydrogens (tertiary/aromatic N) is 1. The van der Waals surface area contributed by atoms with Crippen LogP contribution in [-0.4, -0.2) is 44.0 Å². The SMILES string of the molecule is CN(C)C(=O)CC(CN)NCC(C1CC1)C1CC1. The zero-order valence-electron chi connectivity index (χ0n) is 11.7. The summed E-state index contributed by atoms with van der Waals surface area (Å²) in [5.74, 6) is 2.90. The van der Waals surface area contributed by atoms with Crippen molar-refractivity contribution in [2.24, 2.45) is 23.5 Å². The van der Waals surface area contributed by atoms with E-state index in [4.69, 9.17) is 5.73 Å². The van der Waals surface area contributed by atoms with Crippen LogP contribution in [0.2, 0.25) is 0 Å². The number of nitrogens with one attached hydrogen (secondary N) is 1. The number of nitrogens with two attached hydrogens (primary N) is 1. The number of carbonyl (C=O) groups is 1. The van der Waals surface area contributed by atoms with E-state index in [1.165, 1.54) is 25.7 Å². The second-order valence-corrected chi connectivity index (χ2v) is 6.17. The fourth-order valence-corrected chi connectivity index (χ4v) is 2.70. The molecule has 1 atom stereocenters. The highest BCUT2D eigenvalue weighted by atomic mass is 16.2. The summed E-state index contributed by atoms with van der Waals surface area (Å²) < 4.78 is 0. The molecule has 0 bridgehead atoms. The normalized spacial score (nSPS) is 21.1. The van der Waals surface area contributed by atoms with Gasteiger partial charge in [-0.3, -0.25) is 4.79 Å². The molecule has 18 heavy (non-hydrogen) atoms. The quantitative estimate of drug-likeness (QED) is 0.673. The molecule has 0 aromatic rings. The average Bonchev–Trinajstić information content (AvgIpc) is 3.19. The molecule has 0 radical (unpaired) electrons. The second kappa shape index (κ2) is 6.02. The minimum Gasteiger partial charge on any atom is -0.349 e. The first-order chi connectivity index (χ1) is 8.61. The first-order valence-corrected chi connectivity index (χ1v) is 7.25. The molecular formula is C14H27N3O. The third-order valence-electron chi connectivity index (χ3n) is 4.30. The van der Waals surface area contributed by atoms with E-state index in [0.29, 0.717) is 13.0 Å². The predicted molar refractivity (Wildman–Crippen MR) is 73.1 cm³/mol. The third kappa shape index (κ3) is 3.95. The van der Waals surface area contributed by atoms with Crippen LogP contribution in [0.15, 0.2) is 0 Å². The molecular weight excluding hydrogens is 226 g/mol. The zero-order valence-corrected chi connectivity index (χ0v) is 11.7. The summed E-state index contributed by atoms with van der Waals surface area (Å²) in [7, 11) is 3.60. The van der Waals surface area contributed by atoms with Gasteiger partial charge >= 0.3 is 0 Å². The van der Waals surface area contributed by atoms with E-state index in [0.717, 1.165) is 24.3 Å². The Kier molecular flexibility index (Phi) is 4.62. The van der Waals surface area contributed by atoms with Gasteiger partial charge in [0.2, 0.25) is 5.91 Å². The molecule has 104 valence electrons. The van der Waals surface area contributed by atoms with Gasteiger partial charge in [0, 0.05) is 33.1 Å². The van der Waals surface area contributed by atoms with Gasteiger partial charge in [-0.1, -0.05) is 0 Å². The lowest BCUT2D eigenvalue weighted by Gasteiger charge is -2.23. The molecule has 4 nitrogen and oxygen atoms in total. The number of hydrogen-bond donors (Lipinski definition) is 2. The fourth-order valence-electron chi connectivity index (χ4n) is 2.70. The van der Waals surface area contributed by atoms with Gasteiger partial charge in [-0.05, 0) is 50.0 Å². The van der Waals surface area contributed by atoms with Gasteiger partial charge in [0.25, 0.3) is 0 Å². The Morgan fingerprint density at radius 3 is 2.22 bits per heavy atom. The minimum atomic E-state index is 0.139. The number of hydrogen-bond acceptors (Lipinski definition) is 3. The van der Waals surface area contributed by atoms with Crippen LogP contribution in [-0.2, 0) is 4.79 Å². The molecule has 2 saturated carbocycles. The van der Waals surface area contributed by atoms with Crippen LogP contribution in [0.3, 0.4) is 0 Å². The molecule has 2 aliphatic carbocycles. The molecule has 2 aliphatic rings. The van der Waals surface area contributed by atoms with Crippen LogP contribution in [0.1, 0.15) is 32.1 Å². The highest BCUT2D eigenvalue weighted by Gasteiger charge is 2.41. The molecule has 0 heterocycles. The molecule has 0 aliphatic heterocycles. The standard InChI is InChI=1S/C14H27N3O/c1-17(2)14(18)7-12(8-15)16-9-13(10-3-4-10)11-5-6-11/h10-13,16H,3-9,15H2,1-2H3. The zero-order chi connectivity index (χ0) is 13.1. The van der Waals surface area contributed by atoms with Crippen molar-refractivity contribution in [1.82, 2.24) is 10.2 Å². The molecule has 4 heteroatoms. The highest BCUT2D eigenvalue weighted by Crippen LogP contribution is 2.48. The second-order valence-electron chi connectivity index (χ2n) is 6.17. The molecule has 0 spiro atoms. The summed E-state index contributed by atoms with van der Waals surface area (Å²) in [5, 5.41) is 3.53. The Bertz CT molecular complexity index is 273. The maximum atomic E-state index is 11.7. The summed E-state index contributed by atoms with van der Waals surface area (Å²) >= 11 is 0. The van der Waals surface area contributed by atoms with E-state index in [1.807, 2.05) is 0 Å². The molecule has 2 fully saturated rings. The lowest BCUT2D eigenvalue weighted by molar-refractivity contribution is -0.129. The van der Waals surface area contributed by atoms with E-state index in [1.54, 1.807) is 19.0 Å². The predicted octanol–water partition coefficient (Wildman–Crippen LogP) is 0.818. The van der Waals surface area contributed by atoms with Crippen molar-refractivity contribution >= 4 is 5.91 Å². The van der Waals surface area contributed by atoms with Gasteiger partial charge in [-0.2, -0.15) is 0 Å². The first kappa shape index (κ1) is 13.8. The lowest BCUT2D eigenvalue weighted by atomic mass is 9.97. The molecule has 0 aromatic carbocycles. The first-order valence-electron chi connectivity index (χ1n) is 7.25. The van der Waals surface area contributed by atoms with E-state index in [-0.39, 0.29) is 11.9 Å². The molecule has 1 amide bonds. The van der Waals surface area contributed by atoms with Crippen molar-refractivity contribution in [2.75, 3.05) is 27.2 Å². The number of amides is 1. The Morgan fingerprint density at radius 1 is 1.28 bits per heavy atom. The summed E-state index contributed by atoms with van der Waals surface area (Å²) in [6.07, 6.45) is 6.16. The van der Waals surface area contributed by atoms with Crippen LogP contribution >= 0.6 is 0 Å². The van der Waals surface area contributed by atoms with Gasteiger partial charge in [0.15, 0.2) is 0 Å². The van der Waals surface area contributed by atoms with Gasteiger partial charge in [-0.15, -0.1) is 0 Å². The number of carbonyl (C=O) groups excluding carboxylic acids is 1. The topological polar surface area (TPSA) is 58.4 Å². The molecule has 1 unspecified atom stereocenters. The maximum absolute atomic E-state index is 11.7. The van der Waals surface area contributed by atoms with Crippen molar-refractivity contribution in [1.29, 1.82) is 0 Å².